The van der Waals surface area contributed by atoms with Crippen LogP contribution >= 0.6 is 0 Å². The summed E-state index contributed by atoms with van der Waals surface area (Å²) in [5.74, 6) is -2.19. The van der Waals surface area contributed by atoms with Gasteiger partial charge >= 0.3 is 0 Å². The third-order valence-corrected chi connectivity index (χ3v) is 2.52. The lowest BCUT2D eigenvalue weighted by atomic mass is 10.1. The number of nitrogens with zero attached hydrogens (tertiary/aromatic N) is 4. The van der Waals surface area contributed by atoms with Gasteiger partial charge < -0.3 is 5.32 Å². The summed E-state index contributed by atoms with van der Waals surface area (Å²) in [7, 11) is 0. The molecule has 100 valence electrons. The first-order valence-corrected chi connectivity index (χ1v) is 5.51. The molecule has 0 aliphatic carbocycles. The highest BCUT2D eigenvalue weighted by molar-refractivity contribution is 5.76. The van der Waals surface area contributed by atoms with Gasteiger partial charge in [0.1, 0.15) is 12.9 Å². The molecular weight excluding hydrogens is 256 g/mol. The summed E-state index contributed by atoms with van der Waals surface area (Å²) in [6.45, 7) is 1.63. The lowest BCUT2D eigenvalue weighted by molar-refractivity contribution is -0.122. The van der Waals surface area contributed by atoms with Crippen LogP contribution in [0.5, 0.6) is 0 Å². The SMILES string of the molecule is CC(NC(=O)Cn1cnnn1)c1ccc(F)c(F)c1. The van der Waals surface area contributed by atoms with Gasteiger partial charge in [-0.05, 0) is 35.0 Å². The lowest BCUT2D eigenvalue weighted by Gasteiger charge is -2.14. The number of carbonyl (C=O) groups excluding carboxylic acids is 1. The van der Waals surface area contributed by atoms with Crippen LogP contribution in [0, 0.1) is 11.6 Å². The standard InChI is InChI=1S/C11H11F2N5O/c1-7(8-2-3-9(12)10(13)4-8)15-11(19)5-18-6-14-16-17-18/h2-4,6-7H,5H2,1H3,(H,15,19). The van der Waals surface area contributed by atoms with Crippen molar-refractivity contribution >= 4 is 5.91 Å². The largest absolute Gasteiger partial charge is 0.348 e. The Hall–Kier alpha value is -2.38. The van der Waals surface area contributed by atoms with Gasteiger partial charge in [0.2, 0.25) is 5.91 Å². The molecule has 19 heavy (non-hydrogen) atoms. The van der Waals surface area contributed by atoms with Gasteiger partial charge in [0.15, 0.2) is 11.6 Å². The number of hydrogen-bond acceptors (Lipinski definition) is 4. The molecule has 1 heterocycles. The van der Waals surface area contributed by atoms with Gasteiger partial charge in [-0.1, -0.05) is 6.07 Å². The van der Waals surface area contributed by atoms with E-state index in [9.17, 15) is 13.6 Å². The van der Waals surface area contributed by atoms with Crippen LogP contribution in [0.25, 0.3) is 0 Å². The molecule has 1 aromatic carbocycles. The van der Waals surface area contributed by atoms with Crippen LogP contribution < -0.4 is 5.32 Å². The zero-order chi connectivity index (χ0) is 13.8. The van der Waals surface area contributed by atoms with Crippen molar-refractivity contribution in [1.82, 2.24) is 25.5 Å². The summed E-state index contributed by atoms with van der Waals surface area (Å²) in [5, 5.41) is 13.0. The van der Waals surface area contributed by atoms with Gasteiger partial charge in [0.05, 0.1) is 6.04 Å². The minimum absolute atomic E-state index is 0.0407. The molecule has 0 saturated heterocycles. The summed E-state index contributed by atoms with van der Waals surface area (Å²) in [6, 6.07) is 3.05. The van der Waals surface area contributed by atoms with Crippen LogP contribution in [0.2, 0.25) is 0 Å². The van der Waals surface area contributed by atoms with Gasteiger partial charge in [-0.2, -0.15) is 0 Å². The Morgan fingerprint density at radius 3 is 2.84 bits per heavy atom. The Labute approximate surface area is 107 Å². The first-order valence-electron chi connectivity index (χ1n) is 5.51. The van der Waals surface area contributed by atoms with Gasteiger partial charge in [-0.15, -0.1) is 5.10 Å². The summed E-state index contributed by atoms with van der Waals surface area (Å²) >= 11 is 0. The molecule has 0 fully saturated rings. The number of benzene rings is 1. The first-order chi connectivity index (χ1) is 9.06. The molecule has 0 radical (unpaired) electrons. The van der Waals surface area contributed by atoms with Crippen molar-refractivity contribution in [2.24, 2.45) is 0 Å². The molecular formula is C11H11F2N5O. The minimum atomic E-state index is -0.945. The summed E-state index contributed by atoms with van der Waals surface area (Å²) in [5.41, 5.74) is 0.476. The van der Waals surface area contributed by atoms with Crippen LogP contribution in [0.3, 0.4) is 0 Å². The van der Waals surface area contributed by atoms with Crippen LogP contribution in [0.1, 0.15) is 18.5 Å². The number of nitrogens with one attached hydrogen (secondary N) is 1. The summed E-state index contributed by atoms with van der Waals surface area (Å²) in [6.07, 6.45) is 1.31. The number of hydrogen-bond donors (Lipinski definition) is 1. The van der Waals surface area contributed by atoms with Crippen LogP contribution in [0.15, 0.2) is 24.5 Å². The van der Waals surface area contributed by atoms with E-state index in [4.69, 9.17) is 0 Å². The second-order valence-corrected chi connectivity index (χ2v) is 3.97. The van der Waals surface area contributed by atoms with Gasteiger partial charge in [-0.25, -0.2) is 13.5 Å². The maximum absolute atomic E-state index is 13.1. The Morgan fingerprint density at radius 1 is 1.42 bits per heavy atom. The summed E-state index contributed by atoms with van der Waals surface area (Å²) in [4.78, 5) is 11.7. The predicted octanol–water partition coefficient (Wildman–Crippen LogP) is 0.829. The number of halogens is 2. The highest BCUT2D eigenvalue weighted by Gasteiger charge is 2.12. The first kappa shape index (κ1) is 13.1. The highest BCUT2D eigenvalue weighted by atomic mass is 19.2. The molecule has 0 spiro atoms. The van der Waals surface area contributed by atoms with E-state index < -0.39 is 17.7 Å². The molecule has 1 aromatic heterocycles. The smallest absolute Gasteiger partial charge is 0.242 e. The average molecular weight is 267 g/mol. The summed E-state index contributed by atoms with van der Waals surface area (Å²) < 4.78 is 27.1. The molecule has 2 rings (SSSR count). The van der Waals surface area contributed by atoms with Crippen molar-refractivity contribution < 1.29 is 13.6 Å². The van der Waals surface area contributed by atoms with E-state index in [1.54, 1.807) is 6.92 Å². The Balaban J connectivity index is 1.98. The van der Waals surface area contributed by atoms with E-state index in [1.165, 1.54) is 17.1 Å². The van der Waals surface area contributed by atoms with Crippen molar-refractivity contribution in [3.8, 4) is 0 Å². The fourth-order valence-electron chi connectivity index (χ4n) is 1.55. The van der Waals surface area contributed by atoms with Crippen molar-refractivity contribution in [3.63, 3.8) is 0 Å². The quantitative estimate of drug-likeness (QED) is 0.890. The van der Waals surface area contributed by atoms with Gasteiger partial charge in [0, 0.05) is 0 Å². The maximum Gasteiger partial charge on any atom is 0.242 e. The van der Waals surface area contributed by atoms with E-state index in [0.717, 1.165) is 12.1 Å². The van der Waals surface area contributed by atoms with Gasteiger partial charge in [-0.3, -0.25) is 4.79 Å². The van der Waals surface area contributed by atoms with Crippen molar-refractivity contribution in [2.75, 3.05) is 0 Å². The molecule has 0 aliphatic rings. The normalized spacial score (nSPS) is 12.2. The van der Waals surface area contributed by atoms with Crippen molar-refractivity contribution in [3.05, 3.63) is 41.7 Å². The number of rotatable bonds is 4. The second kappa shape index (κ2) is 5.51. The van der Waals surface area contributed by atoms with E-state index in [1.807, 2.05) is 0 Å². The number of amides is 1. The minimum Gasteiger partial charge on any atom is -0.348 e. The molecule has 0 aliphatic heterocycles. The zero-order valence-corrected chi connectivity index (χ0v) is 10.0. The second-order valence-electron chi connectivity index (χ2n) is 3.97. The predicted molar refractivity (Wildman–Crippen MR) is 60.7 cm³/mol. The Kier molecular flexibility index (Phi) is 3.79. The molecule has 8 heteroatoms. The Morgan fingerprint density at radius 2 is 2.21 bits per heavy atom. The van der Waals surface area contributed by atoms with E-state index in [-0.39, 0.29) is 12.5 Å². The van der Waals surface area contributed by atoms with E-state index in [2.05, 4.69) is 20.8 Å². The van der Waals surface area contributed by atoms with Crippen LogP contribution in [0.4, 0.5) is 8.78 Å². The third-order valence-electron chi connectivity index (χ3n) is 2.52. The topological polar surface area (TPSA) is 72.7 Å². The molecule has 0 bridgehead atoms. The molecule has 6 nitrogen and oxygen atoms in total. The molecule has 1 amide bonds. The molecule has 0 saturated carbocycles. The fourth-order valence-corrected chi connectivity index (χ4v) is 1.55. The maximum atomic E-state index is 13.1. The Bertz CT molecular complexity index is 572. The highest BCUT2D eigenvalue weighted by Crippen LogP contribution is 2.15. The number of carbonyl (C=O) groups is 1. The zero-order valence-electron chi connectivity index (χ0n) is 10.0. The molecule has 2 aromatic rings. The van der Waals surface area contributed by atoms with Gasteiger partial charge in [0.25, 0.3) is 0 Å². The van der Waals surface area contributed by atoms with Crippen LogP contribution in [-0.2, 0) is 11.3 Å². The third kappa shape index (κ3) is 3.30. The molecule has 1 N–H and O–H groups in total. The fraction of sp³-hybridized carbons (Fsp3) is 0.273. The van der Waals surface area contributed by atoms with Crippen LogP contribution in [-0.4, -0.2) is 26.1 Å². The van der Waals surface area contributed by atoms with Crippen molar-refractivity contribution in [2.45, 2.75) is 19.5 Å². The van der Waals surface area contributed by atoms with E-state index in [0.29, 0.717) is 5.56 Å². The number of aromatic nitrogens is 4. The number of tetrazole rings is 1. The molecule has 1 atom stereocenters. The lowest BCUT2D eigenvalue weighted by Crippen LogP contribution is -2.30. The average Bonchev–Trinajstić information content (AvgIpc) is 2.85. The molecule has 1 unspecified atom stereocenters. The monoisotopic (exact) mass is 267 g/mol. The van der Waals surface area contributed by atoms with Crippen molar-refractivity contribution in [1.29, 1.82) is 0 Å². The van der Waals surface area contributed by atoms with E-state index >= 15 is 0 Å².